The van der Waals surface area contributed by atoms with Gasteiger partial charge in [-0.25, -0.2) is 19.6 Å². The molecule has 0 radical (unpaired) electrons. The molecule has 0 unspecified atom stereocenters. The second-order valence-electron chi connectivity index (χ2n) is 9.04. The van der Waals surface area contributed by atoms with Crippen LogP contribution >= 0.6 is 12.0 Å². The highest BCUT2D eigenvalue weighted by Gasteiger charge is 2.35. The maximum absolute atomic E-state index is 12.5. The summed E-state index contributed by atoms with van der Waals surface area (Å²) in [5.74, 6) is 1.17. The quantitative estimate of drug-likeness (QED) is 0.199. The number of anilines is 1. The Balaban J connectivity index is 1.74. The summed E-state index contributed by atoms with van der Waals surface area (Å²) in [4.78, 5) is 19.5. The first-order valence-corrected chi connectivity index (χ1v) is 12.9. The summed E-state index contributed by atoms with van der Waals surface area (Å²) < 4.78 is 45.2. The fourth-order valence-corrected chi connectivity index (χ4v) is 4.47. The van der Waals surface area contributed by atoms with Gasteiger partial charge in [0.05, 0.1) is 29.6 Å². The SMILES string of the molecule is CCc1nc2n(c1-c1cc(C)n(C)n1)N=C(SOOC(F)(F)F)/C2=N/c1ccc(N(CC)CC(C)C)cn1. The molecule has 0 saturated carbocycles. The van der Waals surface area contributed by atoms with Crippen molar-refractivity contribution >= 4 is 34.3 Å². The van der Waals surface area contributed by atoms with E-state index in [1.54, 1.807) is 16.9 Å². The molecule has 0 fully saturated rings. The lowest BCUT2D eigenvalue weighted by Gasteiger charge is -2.24. The number of alkyl halides is 3. The maximum Gasteiger partial charge on any atom is 0.550 e. The summed E-state index contributed by atoms with van der Waals surface area (Å²) in [7, 11) is 1.82. The molecule has 0 spiro atoms. The molecule has 0 saturated heterocycles. The first-order valence-electron chi connectivity index (χ1n) is 12.1. The zero-order valence-corrected chi connectivity index (χ0v) is 22.8. The average molecular weight is 551 g/mol. The van der Waals surface area contributed by atoms with Gasteiger partial charge in [-0.1, -0.05) is 20.8 Å². The highest BCUT2D eigenvalue weighted by molar-refractivity contribution is 8.11. The number of hydrogen-bond donors (Lipinski definition) is 0. The number of nitrogens with zero attached hydrogens (tertiary/aromatic N) is 8. The third-order valence-electron chi connectivity index (χ3n) is 5.76. The molecule has 204 valence electrons. The smallest absolute Gasteiger partial charge is 0.370 e. The van der Waals surface area contributed by atoms with Gasteiger partial charge in [-0.15, -0.1) is 22.4 Å². The molecule has 1 aliphatic heterocycles. The first kappa shape index (κ1) is 27.8. The van der Waals surface area contributed by atoms with Crippen LogP contribution in [0.4, 0.5) is 24.7 Å². The Bertz CT molecular complexity index is 1330. The first-order chi connectivity index (χ1) is 18.0. The second-order valence-corrected chi connectivity index (χ2v) is 9.73. The molecule has 4 rings (SSSR count). The van der Waals surface area contributed by atoms with Crippen LogP contribution in [0.25, 0.3) is 11.4 Å². The van der Waals surface area contributed by atoms with E-state index in [1.807, 2.05) is 33.0 Å². The second kappa shape index (κ2) is 11.3. The Morgan fingerprint density at radius 1 is 1.21 bits per heavy atom. The van der Waals surface area contributed by atoms with E-state index >= 15 is 0 Å². The standard InChI is InChI=1S/C24H29F3N8O2S/c1-7-17-21(18-11-15(5)33(6)31-18)35-22(29-17)20(23(32-35)38-37-36-24(25,26)27)30-19-10-9-16(12-28-19)34(8-2)13-14(3)4/h9-12,14H,7-8,13H2,1-6H3/b30-20+. The van der Waals surface area contributed by atoms with E-state index in [0.29, 0.717) is 47.4 Å². The van der Waals surface area contributed by atoms with Crippen molar-refractivity contribution in [1.82, 2.24) is 24.4 Å². The molecule has 3 aromatic rings. The molecule has 10 nitrogen and oxygen atoms in total. The normalized spacial score (nSPS) is 14.5. The summed E-state index contributed by atoms with van der Waals surface area (Å²) in [5, 5.41) is 9.05. The molecule has 1 aliphatic rings. The van der Waals surface area contributed by atoms with Gasteiger partial charge in [0.1, 0.15) is 17.1 Å². The van der Waals surface area contributed by atoms with Crippen LogP contribution < -0.4 is 4.90 Å². The number of rotatable bonds is 9. The lowest BCUT2D eigenvalue weighted by Crippen LogP contribution is -2.27. The summed E-state index contributed by atoms with van der Waals surface area (Å²) in [6.45, 7) is 11.9. The number of aromatic nitrogens is 5. The van der Waals surface area contributed by atoms with E-state index in [-0.39, 0.29) is 10.8 Å². The van der Waals surface area contributed by atoms with E-state index in [0.717, 1.165) is 30.2 Å². The van der Waals surface area contributed by atoms with Gasteiger partial charge in [-0.3, -0.25) is 4.68 Å². The number of imidazole rings is 1. The van der Waals surface area contributed by atoms with Gasteiger partial charge >= 0.3 is 6.36 Å². The minimum absolute atomic E-state index is 0.0363. The predicted molar refractivity (Wildman–Crippen MR) is 140 cm³/mol. The summed E-state index contributed by atoms with van der Waals surface area (Å²) in [6.07, 6.45) is -2.67. The molecule has 0 N–H and O–H groups in total. The molecular formula is C24H29F3N8O2S. The van der Waals surface area contributed by atoms with E-state index < -0.39 is 6.36 Å². The molecule has 0 atom stereocenters. The predicted octanol–water partition coefficient (Wildman–Crippen LogP) is 5.44. The zero-order chi connectivity index (χ0) is 27.6. The van der Waals surface area contributed by atoms with Crippen LogP contribution in [0.5, 0.6) is 0 Å². The van der Waals surface area contributed by atoms with Gasteiger partial charge in [0.15, 0.2) is 16.7 Å². The number of hydrogen-bond acceptors (Lipinski definition) is 9. The number of aliphatic imine (C=N–C) groups is 1. The van der Waals surface area contributed by atoms with E-state index in [2.05, 4.69) is 55.1 Å². The molecule has 0 aromatic carbocycles. The number of pyridine rings is 1. The largest absolute Gasteiger partial charge is 0.550 e. The topological polar surface area (TPSA) is 95.0 Å². The van der Waals surface area contributed by atoms with Crippen LogP contribution in [0.2, 0.25) is 0 Å². The van der Waals surface area contributed by atoms with Crippen LogP contribution in [-0.2, 0) is 22.7 Å². The molecule has 0 amide bonds. The van der Waals surface area contributed by atoms with Crippen molar-refractivity contribution in [2.75, 3.05) is 18.0 Å². The Labute approximate surface area is 222 Å². The Hall–Kier alpha value is -3.23. The van der Waals surface area contributed by atoms with Crippen molar-refractivity contribution in [3.63, 3.8) is 0 Å². The highest BCUT2D eigenvalue weighted by Crippen LogP contribution is 2.32. The van der Waals surface area contributed by atoms with Gasteiger partial charge < -0.3 is 4.90 Å². The molecular weight excluding hydrogens is 521 g/mol. The zero-order valence-electron chi connectivity index (χ0n) is 21.9. The Morgan fingerprint density at radius 3 is 2.53 bits per heavy atom. The van der Waals surface area contributed by atoms with Crippen LogP contribution in [0.1, 0.15) is 44.9 Å². The van der Waals surface area contributed by atoms with Crippen LogP contribution in [0, 0.1) is 12.8 Å². The summed E-state index contributed by atoms with van der Waals surface area (Å²) in [5.41, 5.74) is 4.07. The van der Waals surface area contributed by atoms with Gasteiger partial charge in [-0.2, -0.15) is 10.2 Å². The van der Waals surface area contributed by atoms with Gasteiger partial charge in [0.2, 0.25) is 0 Å². The lowest BCUT2D eigenvalue weighted by molar-refractivity contribution is -0.439. The molecule has 3 aromatic heterocycles. The molecule has 0 bridgehead atoms. The monoisotopic (exact) mass is 550 g/mol. The van der Waals surface area contributed by atoms with Crippen molar-refractivity contribution in [2.24, 2.45) is 23.1 Å². The van der Waals surface area contributed by atoms with Gasteiger partial charge in [-0.05, 0) is 44.4 Å². The number of fused-ring (bicyclic) bond motifs is 1. The Kier molecular flexibility index (Phi) is 8.23. The van der Waals surface area contributed by atoms with Crippen LogP contribution in [-0.4, -0.2) is 54.6 Å². The number of aryl methyl sites for hydroxylation is 3. The Morgan fingerprint density at radius 2 is 1.97 bits per heavy atom. The highest BCUT2D eigenvalue weighted by atomic mass is 32.2. The minimum Gasteiger partial charge on any atom is -0.370 e. The molecule has 4 heterocycles. The lowest BCUT2D eigenvalue weighted by atomic mass is 10.2. The van der Waals surface area contributed by atoms with Crippen LogP contribution in [0.3, 0.4) is 0 Å². The van der Waals surface area contributed by atoms with Crippen molar-refractivity contribution in [3.8, 4) is 11.4 Å². The van der Waals surface area contributed by atoms with Crippen molar-refractivity contribution < 1.29 is 22.4 Å². The summed E-state index contributed by atoms with van der Waals surface area (Å²) in [6, 6.07) is 5.55. The van der Waals surface area contributed by atoms with Crippen molar-refractivity contribution in [3.05, 3.63) is 41.6 Å². The number of halogens is 3. The van der Waals surface area contributed by atoms with E-state index in [1.165, 1.54) is 4.68 Å². The van der Waals surface area contributed by atoms with Gasteiger partial charge in [0.25, 0.3) is 0 Å². The minimum atomic E-state index is -4.97. The average Bonchev–Trinajstić information content (AvgIpc) is 3.48. The molecule has 38 heavy (non-hydrogen) atoms. The van der Waals surface area contributed by atoms with E-state index in [4.69, 9.17) is 4.98 Å². The van der Waals surface area contributed by atoms with E-state index in [9.17, 15) is 13.2 Å². The van der Waals surface area contributed by atoms with Crippen molar-refractivity contribution in [1.29, 1.82) is 0 Å². The third kappa shape index (κ3) is 6.08. The maximum atomic E-state index is 12.5. The van der Waals surface area contributed by atoms with Crippen molar-refractivity contribution in [2.45, 2.75) is 47.4 Å². The third-order valence-corrected chi connectivity index (χ3v) is 6.32. The fourth-order valence-electron chi connectivity index (χ4n) is 3.97. The van der Waals surface area contributed by atoms with Gasteiger partial charge in [0, 0.05) is 25.8 Å². The molecule has 0 aliphatic carbocycles. The summed E-state index contributed by atoms with van der Waals surface area (Å²) >= 11 is 0.298. The fraction of sp³-hybridized carbons (Fsp3) is 0.458. The van der Waals surface area contributed by atoms with Crippen LogP contribution in [0.15, 0.2) is 34.5 Å². The molecule has 14 heteroatoms.